The van der Waals surface area contributed by atoms with Gasteiger partial charge in [0.05, 0.1) is 54.5 Å². The second-order valence-electron chi connectivity index (χ2n) is 28.6. The van der Waals surface area contributed by atoms with Crippen LogP contribution in [0.3, 0.4) is 0 Å². The SMILES string of the molecule is CCc1cc2c(N3CCN(C(=O)CCc4ccccc4)CC3)ncnc2s1.CCc1cc2c(N3CCN(C(=O)Cc4ccccc4OC)CC3)ncnc2s1.O=C(CCCc1ccccc1)N1CCN(c2ncnc3sc(CC(F)(F)F)cc23)CC1.O=C(COCc1ccccc1)N1CCN(c2ncnc3sc(CC(F)(F)F)cc23)CC1. The van der Waals surface area contributed by atoms with Gasteiger partial charge in [0.1, 0.15) is 80.3 Å². The molecule has 0 spiro atoms. The molecule has 16 rings (SSSR count). The molecular formula is C85H92F6N16O6S4. The number of para-hydroxylation sites is 1. The molecule has 4 amide bonds. The van der Waals surface area contributed by atoms with Crippen LogP contribution in [0.1, 0.15) is 74.9 Å². The third-order valence-corrected chi connectivity index (χ3v) is 25.1. The number of ether oxygens (including phenoxy) is 2. The summed E-state index contributed by atoms with van der Waals surface area (Å²) in [4.78, 5) is 108. The van der Waals surface area contributed by atoms with E-state index in [1.165, 1.54) is 39.6 Å². The summed E-state index contributed by atoms with van der Waals surface area (Å²) in [5.41, 5.74) is 4.39. The van der Waals surface area contributed by atoms with Crippen molar-refractivity contribution in [3.8, 4) is 5.75 Å². The van der Waals surface area contributed by atoms with Crippen LogP contribution in [-0.4, -0.2) is 214 Å². The number of fused-ring (bicyclic) bond motifs is 4. The highest BCUT2D eigenvalue weighted by Gasteiger charge is 2.33. The first-order chi connectivity index (χ1) is 56.7. The minimum absolute atomic E-state index is 0.0119. The molecule has 614 valence electrons. The number of carbonyl (C=O) groups excluding carboxylic acids is 4. The van der Waals surface area contributed by atoms with Gasteiger partial charge in [-0.2, -0.15) is 26.3 Å². The molecule has 4 aliphatic rings. The van der Waals surface area contributed by atoms with E-state index in [0.29, 0.717) is 123 Å². The van der Waals surface area contributed by atoms with E-state index in [2.05, 4.69) is 99.9 Å². The molecule has 32 heteroatoms. The monoisotopic (exact) mass is 1670 g/mol. The number of aryl methyl sites for hydroxylation is 4. The van der Waals surface area contributed by atoms with E-state index in [1.807, 2.05) is 115 Å². The van der Waals surface area contributed by atoms with Crippen LogP contribution < -0.4 is 24.3 Å². The summed E-state index contributed by atoms with van der Waals surface area (Å²) < 4.78 is 87.4. The van der Waals surface area contributed by atoms with Gasteiger partial charge in [-0.25, -0.2) is 39.9 Å². The van der Waals surface area contributed by atoms with Crippen LogP contribution in [-0.2, 0) is 75.5 Å². The Hall–Kier alpha value is -10.5. The molecule has 0 N–H and O–H groups in total. The van der Waals surface area contributed by atoms with E-state index in [0.717, 1.165) is 143 Å². The average Bonchev–Trinajstić information content (AvgIpc) is 1.69. The van der Waals surface area contributed by atoms with Gasteiger partial charge in [0.25, 0.3) is 0 Å². The highest BCUT2D eigenvalue weighted by Crippen LogP contribution is 2.38. The summed E-state index contributed by atoms with van der Waals surface area (Å²) in [7, 11) is 1.64. The maximum absolute atomic E-state index is 12.8. The predicted molar refractivity (Wildman–Crippen MR) is 450 cm³/mol. The van der Waals surface area contributed by atoms with Gasteiger partial charge in [0, 0.05) is 143 Å². The fourth-order valence-corrected chi connectivity index (χ4v) is 18.4. The second-order valence-corrected chi connectivity index (χ2v) is 33.0. The Morgan fingerprint density at radius 3 is 1.10 bits per heavy atom. The van der Waals surface area contributed by atoms with Gasteiger partial charge in [0.15, 0.2) is 0 Å². The molecule has 0 saturated carbocycles. The van der Waals surface area contributed by atoms with Crippen LogP contribution >= 0.6 is 45.3 Å². The van der Waals surface area contributed by atoms with Gasteiger partial charge in [0.2, 0.25) is 23.6 Å². The number of aromatic nitrogens is 8. The molecule has 4 saturated heterocycles. The van der Waals surface area contributed by atoms with Crippen molar-refractivity contribution >= 4 is 133 Å². The lowest BCUT2D eigenvalue weighted by atomic mass is 10.1. The first-order valence-electron chi connectivity index (χ1n) is 39.2. The molecule has 4 aromatic carbocycles. The van der Waals surface area contributed by atoms with Crippen molar-refractivity contribution in [2.45, 2.75) is 97.0 Å². The van der Waals surface area contributed by atoms with Crippen LogP contribution in [0.4, 0.5) is 49.6 Å². The normalized spacial score (nSPS) is 14.8. The van der Waals surface area contributed by atoms with Crippen LogP contribution in [0, 0.1) is 0 Å². The first-order valence-corrected chi connectivity index (χ1v) is 42.5. The van der Waals surface area contributed by atoms with Gasteiger partial charge >= 0.3 is 12.4 Å². The van der Waals surface area contributed by atoms with Crippen LogP contribution in [0.5, 0.6) is 5.75 Å². The number of amides is 4. The zero-order valence-corrected chi connectivity index (χ0v) is 68.7. The number of methoxy groups -OCH3 is 1. The van der Waals surface area contributed by atoms with Crippen molar-refractivity contribution in [2.24, 2.45) is 0 Å². The Morgan fingerprint density at radius 1 is 0.385 bits per heavy atom. The molecule has 0 radical (unpaired) electrons. The number of hydrogen-bond donors (Lipinski definition) is 0. The average molecular weight is 1680 g/mol. The first kappa shape index (κ1) is 84.4. The Morgan fingerprint density at radius 2 is 0.718 bits per heavy atom. The fourth-order valence-electron chi connectivity index (χ4n) is 14.5. The molecule has 12 aromatic rings. The zero-order chi connectivity index (χ0) is 81.8. The van der Waals surface area contributed by atoms with Crippen LogP contribution in [0.15, 0.2) is 165 Å². The largest absolute Gasteiger partial charge is 0.496 e. The number of piperazine rings is 4. The number of thiophene rings is 4. The summed E-state index contributed by atoms with van der Waals surface area (Å²) in [5.74, 6) is 4.47. The molecule has 4 fully saturated rings. The van der Waals surface area contributed by atoms with E-state index < -0.39 is 25.2 Å². The quantitative estimate of drug-likeness (QED) is 0.0576. The molecule has 4 aliphatic heterocycles. The van der Waals surface area contributed by atoms with Gasteiger partial charge < -0.3 is 48.7 Å². The number of hydrogen-bond acceptors (Lipinski definition) is 22. The fraction of sp³-hybridized carbons (Fsp3) is 0.388. The van der Waals surface area contributed by atoms with Gasteiger partial charge in [-0.1, -0.05) is 123 Å². The number of anilines is 4. The summed E-state index contributed by atoms with van der Waals surface area (Å²) in [6.07, 6.45) is 1.61. The molecule has 22 nitrogen and oxygen atoms in total. The van der Waals surface area contributed by atoms with E-state index in [4.69, 9.17) is 9.47 Å². The molecule has 0 aliphatic carbocycles. The van der Waals surface area contributed by atoms with Crippen LogP contribution in [0.25, 0.3) is 40.9 Å². The van der Waals surface area contributed by atoms with Gasteiger partial charge in [-0.15, -0.1) is 45.3 Å². The molecular weight excluding hydrogens is 1580 g/mol. The lowest BCUT2D eigenvalue weighted by Gasteiger charge is -2.35. The minimum Gasteiger partial charge on any atom is -0.496 e. The van der Waals surface area contributed by atoms with Crippen molar-refractivity contribution in [1.82, 2.24) is 59.5 Å². The Balaban J connectivity index is 0.000000136. The maximum Gasteiger partial charge on any atom is 0.393 e. The predicted octanol–water partition coefficient (Wildman–Crippen LogP) is 14.8. The maximum atomic E-state index is 12.8. The number of benzene rings is 4. The summed E-state index contributed by atoms with van der Waals surface area (Å²) in [6.45, 7) is 15.3. The molecule has 8 aromatic heterocycles. The Labute approximate surface area is 690 Å². The van der Waals surface area contributed by atoms with E-state index in [1.54, 1.807) is 53.4 Å². The Kier molecular flexibility index (Phi) is 28.9. The highest BCUT2D eigenvalue weighted by molar-refractivity contribution is 7.19. The standard InChI is InChI=1S/C22H23F3N4OS.C21H21F3N4O2S.C21H24N4O2S.C21H24N4OS/c23-22(24,25)14-17-13-18-20(26-15-27-21(18)31-17)29-11-9-28(10-12-29)19(30)8-4-7-16-5-2-1-3-6-16;22-21(23,24)11-16-10-17-19(25-14-26-20(17)31-16)28-8-6-27(7-9-28)18(29)13-30-12-15-4-2-1-3-5-15;1-3-16-13-17-20(22-14-23-21(17)28-16)25-10-8-24(9-11-25)19(26)12-15-6-4-5-7-18(15)27-2;1-2-17-14-18-20(22-15-23-21(18)27-17)25-12-10-24(11-13-25)19(26)9-8-16-6-4-3-5-7-16/h1-3,5-6,13,15H,4,7-12,14H2;1-5,10,14H,6-9,11-13H2;4-7,13-14H,3,8-12H2,1-2H3;3-7,14-15H,2,8-13H2,1H3. The van der Waals surface area contributed by atoms with Crippen molar-refractivity contribution < 1.29 is 55.0 Å². The third-order valence-electron chi connectivity index (χ3n) is 20.7. The van der Waals surface area contributed by atoms with Crippen molar-refractivity contribution in [2.75, 3.05) is 138 Å². The summed E-state index contributed by atoms with van der Waals surface area (Å²) >= 11 is 5.56. The van der Waals surface area contributed by atoms with E-state index in [-0.39, 0.29) is 40.0 Å². The molecule has 0 atom stereocenters. The minimum atomic E-state index is -4.26. The lowest BCUT2D eigenvalue weighted by Crippen LogP contribution is -2.50. The van der Waals surface area contributed by atoms with Crippen LogP contribution in [0.2, 0.25) is 0 Å². The van der Waals surface area contributed by atoms with E-state index >= 15 is 0 Å². The zero-order valence-electron chi connectivity index (χ0n) is 65.4. The molecule has 117 heavy (non-hydrogen) atoms. The molecule has 0 bridgehead atoms. The molecule has 12 heterocycles. The number of nitrogens with zero attached hydrogens (tertiary/aromatic N) is 16. The lowest BCUT2D eigenvalue weighted by molar-refractivity contribution is -0.137. The smallest absolute Gasteiger partial charge is 0.393 e. The topological polar surface area (TPSA) is 216 Å². The summed E-state index contributed by atoms with van der Waals surface area (Å²) in [5, 5.41) is 3.54. The summed E-state index contributed by atoms with van der Waals surface area (Å²) in [6, 6.07) is 45.2. The number of alkyl halides is 6. The van der Waals surface area contributed by atoms with Gasteiger partial charge in [-0.05, 0) is 79.1 Å². The second kappa shape index (κ2) is 40.1. The Bertz CT molecular complexity index is 5090. The number of halogens is 6. The number of carbonyl (C=O) groups is 4. The highest BCUT2D eigenvalue weighted by atomic mass is 32.1. The van der Waals surface area contributed by atoms with Gasteiger partial charge in [-0.3, -0.25) is 19.2 Å². The molecule has 0 unspecified atom stereocenters. The van der Waals surface area contributed by atoms with Crippen molar-refractivity contribution in [1.29, 1.82) is 0 Å². The number of rotatable bonds is 22. The van der Waals surface area contributed by atoms with Crippen molar-refractivity contribution in [3.05, 3.63) is 207 Å². The third kappa shape index (κ3) is 23.0. The van der Waals surface area contributed by atoms with E-state index in [9.17, 15) is 45.5 Å². The van der Waals surface area contributed by atoms with Crippen molar-refractivity contribution in [3.63, 3.8) is 0 Å².